The van der Waals surface area contributed by atoms with Crippen LogP contribution in [0.15, 0.2) is 30.3 Å². The summed E-state index contributed by atoms with van der Waals surface area (Å²) in [6.45, 7) is 0.820. The Morgan fingerprint density at radius 3 is 2.64 bits per heavy atom. The lowest BCUT2D eigenvalue weighted by atomic mass is 10.0. The summed E-state index contributed by atoms with van der Waals surface area (Å²) in [5, 5.41) is 7.55. The SMILES string of the molecule is CN(C)CCC(NC(=O)c1cc(C2CC2)nn1C)c1ccc(F)cc1. The first kappa shape index (κ1) is 17.6. The number of rotatable bonds is 7. The van der Waals surface area contributed by atoms with E-state index in [2.05, 4.69) is 15.3 Å². The molecule has 1 heterocycles. The number of carbonyl (C=O) groups is 1. The molecule has 0 saturated heterocycles. The first-order valence-electron chi connectivity index (χ1n) is 8.69. The third-order valence-electron chi connectivity index (χ3n) is 4.57. The summed E-state index contributed by atoms with van der Waals surface area (Å²) in [6, 6.07) is 8.04. The Bertz CT molecular complexity index is 734. The largest absolute Gasteiger partial charge is 0.344 e. The molecule has 2 aromatic rings. The summed E-state index contributed by atoms with van der Waals surface area (Å²) in [5.74, 6) is 0.0894. The van der Waals surface area contributed by atoms with Crippen LogP contribution in [0.25, 0.3) is 0 Å². The molecule has 1 aromatic heterocycles. The average Bonchev–Trinajstić information content (AvgIpc) is 3.34. The molecule has 5 nitrogen and oxygen atoms in total. The van der Waals surface area contributed by atoms with E-state index in [1.807, 2.05) is 20.2 Å². The third-order valence-corrected chi connectivity index (χ3v) is 4.57. The highest BCUT2D eigenvalue weighted by Gasteiger charge is 2.28. The molecule has 1 aliphatic carbocycles. The fourth-order valence-corrected chi connectivity index (χ4v) is 2.92. The van der Waals surface area contributed by atoms with Crippen molar-refractivity contribution in [3.05, 3.63) is 53.1 Å². The normalized spacial score (nSPS) is 15.4. The molecule has 0 bridgehead atoms. The van der Waals surface area contributed by atoms with Crippen LogP contribution in [0.3, 0.4) is 0 Å². The molecular weight excluding hydrogens is 319 g/mol. The topological polar surface area (TPSA) is 50.2 Å². The van der Waals surface area contributed by atoms with Crippen LogP contribution < -0.4 is 5.32 Å². The summed E-state index contributed by atoms with van der Waals surface area (Å²) in [4.78, 5) is 14.8. The molecule has 0 spiro atoms. The fourth-order valence-electron chi connectivity index (χ4n) is 2.92. The molecule has 1 N–H and O–H groups in total. The second-order valence-electron chi connectivity index (χ2n) is 7.02. The zero-order valence-corrected chi connectivity index (χ0v) is 15.0. The molecule has 1 amide bonds. The van der Waals surface area contributed by atoms with Gasteiger partial charge in [0, 0.05) is 13.0 Å². The average molecular weight is 344 g/mol. The van der Waals surface area contributed by atoms with E-state index >= 15 is 0 Å². The zero-order chi connectivity index (χ0) is 18.0. The molecule has 3 rings (SSSR count). The molecule has 1 aliphatic rings. The van der Waals surface area contributed by atoms with E-state index in [1.165, 1.54) is 12.1 Å². The molecule has 0 aliphatic heterocycles. The number of nitrogens with one attached hydrogen (secondary N) is 1. The van der Waals surface area contributed by atoms with Crippen molar-refractivity contribution in [1.29, 1.82) is 0 Å². The van der Waals surface area contributed by atoms with E-state index in [0.29, 0.717) is 11.6 Å². The van der Waals surface area contributed by atoms with Gasteiger partial charge >= 0.3 is 0 Å². The van der Waals surface area contributed by atoms with Crippen molar-refractivity contribution in [2.45, 2.75) is 31.2 Å². The molecular formula is C19H25FN4O. The number of aromatic nitrogens is 2. The molecule has 0 radical (unpaired) electrons. The molecule has 6 heteroatoms. The maximum atomic E-state index is 13.2. The van der Waals surface area contributed by atoms with Gasteiger partial charge in [0.25, 0.3) is 5.91 Å². The summed E-state index contributed by atoms with van der Waals surface area (Å²) < 4.78 is 14.9. The van der Waals surface area contributed by atoms with Crippen molar-refractivity contribution in [2.75, 3.05) is 20.6 Å². The van der Waals surface area contributed by atoms with Gasteiger partial charge < -0.3 is 10.2 Å². The minimum Gasteiger partial charge on any atom is -0.344 e. The molecule has 25 heavy (non-hydrogen) atoms. The first-order chi connectivity index (χ1) is 11.9. The van der Waals surface area contributed by atoms with Crippen LogP contribution in [-0.4, -0.2) is 41.2 Å². The number of hydrogen-bond donors (Lipinski definition) is 1. The van der Waals surface area contributed by atoms with Crippen molar-refractivity contribution in [1.82, 2.24) is 20.0 Å². The van der Waals surface area contributed by atoms with Crippen LogP contribution in [-0.2, 0) is 7.05 Å². The van der Waals surface area contributed by atoms with Gasteiger partial charge in [0.15, 0.2) is 0 Å². The number of halogens is 1. The van der Waals surface area contributed by atoms with Crippen molar-refractivity contribution < 1.29 is 9.18 Å². The summed E-state index contributed by atoms with van der Waals surface area (Å²) in [5.41, 5.74) is 2.47. The second kappa shape index (κ2) is 7.35. The molecule has 1 fully saturated rings. The number of aryl methyl sites for hydroxylation is 1. The van der Waals surface area contributed by atoms with Crippen LogP contribution in [0.1, 0.15) is 53.0 Å². The highest BCUT2D eigenvalue weighted by Crippen LogP contribution is 2.39. The summed E-state index contributed by atoms with van der Waals surface area (Å²) in [6.07, 6.45) is 3.05. The van der Waals surface area contributed by atoms with Crippen molar-refractivity contribution in [2.24, 2.45) is 7.05 Å². The van der Waals surface area contributed by atoms with Gasteiger partial charge in [-0.3, -0.25) is 9.48 Å². The lowest BCUT2D eigenvalue weighted by Crippen LogP contribution is -2.32. The van der Waals surface area contributed by atoms with Crippen LogP contribution in [0, 0.1) is 5.82 Å². The maximum Gasteiger partial charge on any atom is 0.270 e. The Balaban J connectivity index is 1.76. The van der Waals surface area contributed by atoms with Gasteiger partial charge in [-0.15, -0.1) is 0 Å². The summed E-state index contributed by atoms with van der Waals surface area (Å²) >= 11 is 0. The summed E-state index contributed by atoms with van der Waals surface area (Å²) in [7, 11) is 5.78. The van der Waals surface area contributed by atoms with Crippen LogP contribution in [0.2, 0.25) is 0 Å². The molecule has 1 unspecified atom stereocenters. The standard InChI is InChI=1S/C19H25FN4O/c1-23(2)11-10-16(13-6-8-15(20)9-7-13)21-19(25)18-12-17(14-4-5-14)22-24(18)3/h6-9,12,14,16H,4-5,10-11H2,1-3H3,(H,21,25). The quantitative estimate of drug-likeness (QED) is 0.840. The van der Waals surface area contributed by atoms with E-state index in [4.69, 9.17) is 0 Å². The van der Waals surface area contributed by atoms with Gasteiger partial charge in [0.1, 0.15) is 11.5 Å². The van der Waals surface area contributed by atoms with Gasteiger partial charge in [-0.25, -0.2) is 4.39 Å². The van der Waals surface area contributed by atoms with Crippen molar-refractivity contribution in [3.63, 3.8) is 0 Å². The number of amides is 1. The minimum atomic E-state index is -0.276. The smallest absolute Gasteiger partial charge is 0.270 e. The van der Waals surface area contributed by atoms with Crippen molar-refractivity contribution >= 4 is 5.91 Å². The van der Waals surface area contributed by atoms with Gasteiger partial charge in [0.05, 0.1) is 11.7 Å². The third kappa shape index (κ3) is 4.45. The lowest BCUT2D eigenvalue weighted by Gasteiger charge is -2.21. The number of nitrogens with zero attached hydrogens (tertiary/aromatic N) is 3. The Morgan fingerprint density at radius 2 is 2.04 bits per heavy atom. The van der Waals surface area contributed by atoms with Crippen molar-refractivity contribution in [3.8, 4) is 0 Å². The number of hydrogen-bond acceptors (Lipinski definition) is 3. The maximum absolute atomic E-state index is 13.2. The molecule has 1 atom stereocenters. The van der Waals surface area contributed by atoms with Crippen LogP contribution in [0.5, 0.6) is 0 Å². The van der Waals surface area contributed by atoms with Crippen LogP contribution in [0.4, 0.5) is 4.39 Å². The van der Waals surface area contributed by atoms with E-state index in [9.17, 15) is 9.18 Å². The minimum absolute atomic E-state index is 0.144. The molecule has 134 valence electrons. The lowest BCUT2D eigenvalue weighted by molar-refractivity contribution is 0.0923. The Kier molecular flexibility index (Phi) is 5.18. The van der Waals surface area contributed by atoms with E-state index in [1.54, 1.807) is 23.9 Å². The van der Waals surface area contributed by atoms with Gasteiger partial charge in [-0.2, -0.15) is 5.10 Å². The Labute approximate surface area is 147 Å². The van der Waals surface area contributed by atoms with Crippen LogP contribution >= 0.6 is 0 Å². The predicted molar refractivity (Wildman–Crippen MR) is 95.0 cm³/mol. The number of carbonyl (C=O) groups excluding carboxylic acids is 1. The Morgan fingerprint density at radius 1 is 1.36 bits per heavy atom. The van der Waals surface area contributed by atoms with E-state index in [0.717, 1.165) is 37.1 Å². The molecule has 1 aromatic carbocycles. The Hall–Kier alpha value is -2.21. The van der Waals surface area contributed by atoms with Gasteiger partial charge in [-0.05, 0) is 63.7 Å². The van der Waals surface area contributed by atoms with Gasteiger partial charge in [0.2, 0.25) is 0 Å². The fraction of sp³-hybridized carbons (Fsp3) is 0.474. The zero-order valence-electron chi connectivity index (χ0n) is 15.0. The van der Waals surface area contributed by atoms with Gasteiger partial charge in [-0.1, -0.05) is 12.1 Å². The predicted octanol–water partition coefficient (Wildman–Crippen LogP) is 2.86. The van der Waals surface area contributed by atoms with E-state index < -0.39 is 0 Å². The molecule has 1 saturated carbocycles. The highest BCUT2D eigenvalue weighted by molar-refractivity contribution is 5.93. The number of benzene rings is 1. The monoisotopic (exact) mass is 344 g/mol. The first-order valence-corrected chi connectivity index (χ1v) is 8.69. The van der Waals surface area contributed by atoms with E-state index in [-0.39, 0.29) is 17.8 Å². The highest BCUT2D eigenvalue weighted by atomic mass is 19.1. The second-order valence-corrected chi connectivity index (χ2v) is 7.02.